The van der Waals surface area contributed by atoms with Crippen LogP contribution in [0.4, 0.5) is 0 Å². The summed E-state index contributed by atoms with van der Waals surface area (Å²) in [5, 5.41) is 10.5. The third-order valence-electron chi connectivity index (χ3n) is 3.37. The zero-order valence-corrected chi connectivity index (χ0v) is 16.0. The molecular weight excluding hydrogens is 345 g/mol. The van der Waals surface area contributed by atoms with Crippen molar-refractivity contribution in [3.05, 3.63) is 29.8 Å². The van der Waals surface area contributed by atoms with E-state index in [-0.39, 0.29) is 17.8 Å². The van der Waals surface area contributed by atoms with Crippen LogP contribution in [0.1, 0.15) is 32.8 Å². The minimum Gasteiger partial charge on any atom is -0.508 e. The molecule has 0 heterocycles. The lowest BCUT2D eigenvalue weighted by atomic mass is 10.1. The van der Waals surface area contributed by atoms with Gasteiger partial charge in [-0.15, -0.1) is 0 Å². The molecule has 0 aliphatic rings. The van der Waals surface area contributed by atoms with Crippen LogP contribution in [0.5, 0.6) is 5.75 Å². The fraction of sp³-hybridized carbons (Fsp3) is 0.588. The van der Waals surface area contributed by atoms with Gasteiger partial charge in [-0.25, -0.2) is 5.06 Å². The highest BCUT2D eigenvalue weighted by Gasteiger charge is 2.23. The Bertz CT molecular complexity index is 553. The number of amides is 1. The van der Waals surface area contributed by atoms with Crippen molar-refractivity contribution in [1.29, 1.82) is 0 Å². The second kappa shape index (κ2) is 11.3. The molecule has 0 aliphatic heterocycles. The monoisotopic (exact) mass is 373 g/mol. The topological polar surface area (TPSA) is 85.3 Å². The molecule has 0 unspecified atom stereocenters. The van der Waals surface area contributed by atoms with Crippen LogP contribution in [0.3, 0.4) is 0 Å². The van der Waals surface area contributed by atoms with E-state index in [4.69, 9.17) is 13.9 Å². The standard InChI is InChI=1S/C17H28NO6P/c1-4-23-25(21,24-5-2)14-6-12-18(15(3)19)22-13-11-16-7-9-17(20)10-8-16/h7-10,20H,4-6,11-14H2,1-3H3. The van der Waals surface area contributed by atoms with Crippen molar-refractivity contribution in [2.24, 2.45) is 0 Å². The Hall–Kier alpha value is -1.40. The molecule has 0 radical (unpaired) electrons. The van der Waals surface area contributed by atoms with Crippen molar-refractivity contribution in [1.82, 2.24) is 5.06 Å². The lowest BCUT2D eigenvalue weighted by Gasteiger charge is -2.22. The first-order valence-electron chi connectivity index (χ1n) is 8.47. The number of phenolic OH excluding ortho intramolecular Hbond substituents is 1. The van der Waals surface area contributed by atoms with Gasteiger partial charge in [-0.2, -0.15) is 0 Å². The Morgan fingerprint density at radius 2 is 1.76 bits per heavy atom. The predicted octanol–water partition coefficient (Wildman–Crippen LogP) is 3.37. The van der Waals surface area contributed by atoms with Gasteiger partial charge in [0.25, 0.3) is 0 Å². The Kier molecular flexibility index (Phi) is 9.75. The van der Waals surface area contributed by atoms with E-state index < -0.39 is 7.60 Å². The number of phenols is 1. The maximum atomic E-state index is 12.4. The van der Waals surface area contributed by atoms with Crippen molar-refractivity contribution < 1.29 is 28.4 Å². The van der Waals surface area contributed by atoms with Crippen LogP contribution < -0.4 is 0 Å². The maximum Gasteiger partial charge on any atom is 0.330 e. The van der Waals surface area contributed by atoms with Crippen LogP contribution in [0.2, 0.25) is 0 Å². The van der Waals surface area contributed by atoms with E-state index in [2.05, 4.69) is 0 Å². The quantitative estimate of drug-likeness (QED) is 0.447. The summed E-state index contributed by atoms with van der Waals surface area (Å²) in [6, 6.07) is 6.82. The zero-order chi connectivity index (χ0) is 18.7. The minimum atomic E-state index is -3.10. The van der Waals surface area contributed by atoms with Crippen LogP contribution in [-0.2, 0) is 29.7 Å². The molecule has 0 aromatic heterocycles. The minimum absolute atomic E-state index is 0.211. The molecule has 0 saturated heterocycles. The van der Waals surface area contributed by atoms with Crippen molar-refractivity contribution in [3.8, 4) is 5.75 Å². The van der Waals surface area contributed by atoms with E-state index in [1.165, 1.54) is 12.0 Å². The number of hydrogen-bond acceptors (Lipinski definition) is 6. The summed E-state index contributed by atoms with van der Waals surface area (Å²) in [4.78, 5) is 17.2. The Morgan fingerprint density at radius 1 is 1.16 bits per heavy atom. The molecule has 0 bridgehead atoms. The summed E-state index contributed by atoms with van der Waals surface area (Å²) in [6.07, 6.45) is 1.30. The number of benzene rings is 1. The second-order valence-electron chi connectivity index (χ2n) is 5.39. The SMILES string of the molecule is CCOP(=O)(CCCN(OCCc1ccc(O)cc1)C(C)=O)OCC. The summed E-state index contributed by atoms with van der Waals surface area (Å²) in [6.45, 7) is 6.23. The van der Waals surface area contributed by atoms with E-state index in [1.54, 1.807) is 38.1 Å². The van der Waals surface area contributed by atoms with E-state index in [1.807, 2.05) is 0 Å². The molecule has 1 aromatic carbocycles. The van der Waals surface area contributed by atoms with Crippen molar-refractivity contribution >= 4 is 13.5 Å². The first kappa shape index (κ1) is 21.6. The molecule has 0 atom stereocenters. The lowest BCUT2D eigenvalue weighted by molar-refractivity contribution is -0.183. The summed E-state index contributed by atoms with van der Waals surface area (Å²) in [5.41, 5.74) is 0.999. The summed E-state index contributed by atoms with van der Waals surface area (Å²) >= 11 is 0. The number of aromatic hydroxyl groups is 1. The highest BCUT2D eigenvalue weighted by atomic mass is 31.2. The lowest BCUT2D eigenvalue weighted by Crippen LogP contribution is -2.31. The fourth-order valence-corrected chi connectivity index (χ4v) is 3.87. The Morgan fingerprint density at radius 3 is 2.28 bits per heavy atom. The molecule has 0 saturated carbocycles. The van der Waals surface area contributed by atoms with Crippen molar-refractivity contribution in [3.63, 3.8) is 0 Å². The summed E-state index contributed by atoms with van der Waals surface area (Å²) < 4.78 is 22.8. The molecule has 0 fully saturated rings. The first-order valence-corrected chi connectivity index (χ1v) is 10.2. The van der Waals surface area contributed by atoms with Gasteiger partial charge >= 0.3 is 7.60 Å². The smallest absolute Gasteiger partial charge is 0.330 e. The normalized spacial score (nSPS) is 11.5. The average molecular weight is 373 g/mol. The molecule has 7 nitrogen and oxygen atoms in total. The van der Waals surface area contributed by atoms with Crippen molar-refractivity contribution in [2.75, 3.05) is 32.5 Å². The van der Waals surface area contributed by atoms with Gasteiger partial charge in [-0.3, -0.25) is 14.2 Å². The molecule has 0 spiro atoms. The fourth-order valence-electron chi connectivity index (χ4n) is 2.22. The van der Waals surface area contributed by atoms with Crippen LogP contribution in [0, 0.1) is 0 Å². The van der Waals surface area contributed by atoms with E-state index in [0.29, 0.717) is 39.2 Å². The second-order valence-corrected chi connectivity index (χ2v) is 7.58. The summed E-state index contributed by atoms with van der Waals surface area (Å²) in [7, 11) is -3.10. The molecule has 1 amide bonds. The van der Waals surface area contributed by atoms with Crippen LogP contribution >= 0.6 is 7.60 Å². The Labute approximate surface area is 149 Å². The predicted molar refractivity (Wildman–Crippen MR) is 95.5 cm³/mol. The van der Waals surface area contributed by atoms with Gasteiger partial charge in [0.15, 0.2) is 0 Å². The van der Waals surface area contributed by atoms with E-state index >= 15 is 0 Å². The van der Waals surface area contributed by atoms with Gasteiger partial charge in [0.05, 0.1) is 26.0 Å². The highest BCUT2D eigenvalue weighted by molar-refractivity contribution is 7.53. The van der Waals surface area contributed by atoms with Gasteiger partial charge in [0.2, 0.25) is 5.91 Å². The molecular formula is C17H28NO6P. The molecule has 1 rings (SSSR count). The molecule has 25 heavy (non-hydrogen) atoms. The number of hydrogen-bond donors (Lipinski definition) is 1. The molecule has 1 N–H and O–H groups in total. The van der Waals surface area contributed by atoms with Gasteiger partial charge in [0, 0.05) is 13.5 Å². The molecule has 142 valence electrons. The van der Waals surface area contributed by atoms with Gasteiger partial charge < -0.3 is 14.2 Å². The van der Waals surface area contributed by atoms with Crippen LogP contribution in [-0.4, -0.2) is 48.6 Å². The number of carbonyl (C=O) groups is 1. The van der Waals surface area contributed by atoms with Crippen LogP contribution in [0.15, 0.2) is 24.3 Å². The van der Waals surface area contributed by atoms with Gasteiger partial charge in [0.1, 0.15) is 5.75 Å². The largest absolute Gasteiger partial charge is 0.508 e. The van der Waals surface area contributed by atoms with E-state index in [9.17, 15) is 14.5 Å². The molecule has 8 heteroatoms. The number of carbonyl (C=O) groups excluding carboxylic acids is 1. The van der Waals surface area contributed by atoms with Gasteiger partial charge in [-0.1, -0.05) is 12.1 Å². The first-order chi connectivity index (χ1) is 11.9. The van der Waals surface area contributed by atoms with Crippen LogP contribution in [0.25, 0.3) is 0 Å². The number of nitrogens with zero attached hydrogens (tertiary/aromatic N) is 1. The van der Waals surface area contributed by atoms with Gasteiger partial charge in [-0.05, 0) is 44.4 Å². The number of rotatable bonds is 12. The van der Waals surface area contributed by atoms with Crippen molar-refractivity contribution in [2.45, 2.75) is 33.6 Å². The maximum absolute atomic E-state index is 12.4. The summed E-state index contributed by atoms with van der Waals surface area (Å²) in [5.74, 6) is -0.00332. The zero-order valence-electron chi connectivity index (χ0n) is 15.1. The van der Waals surface area contributed by atoms with E-state index in [0.717, 1.165) is 5.56 Å². The third kappa shape index (κ3) is 8.50. The average Bonchev–Trinajstić information content (AvgIpc) is 2.55. The Balaban J connectivity index is 2.42. The highest BCUT2D eigenvalue weighted by Crippen LogP contribution is 2.48. The number of hydroxylamine groups is 2. The third-order valence-corrected chi connectivity index (χ3v) is 5.54. The molecule has 1 aromatic rings. The molecule has 0 aliphatic carbocycles.